The molecule has 0 spiro atoms. The van der Waals surface area contributed by atoms with E-state index >= 15 is 0 Å². The maximum atomic E-state index is 13.1. The molecule has 0 aliphatic heterocycles. The van der Waals surface area contributed by atoms with Crippen molar-refractivity contribution in [2.75, 3.05) is 0 Å². The minimum absolute atomic E-state index is 0.0420. The summed E-state index contributed by atoms with van der Waals surface area (Å²) in [5.74, 6) is -0.463. The molecule has 0 unspecified atom stereocenters. The second-order valence-electron chi connectivity index (χ2n) is 4.01. The van der Waals surface area contributed by atoms with Gasteiger partial charge in [0.2, 0.25) is 0 Å². The Morgan fingerprint density at radius 1 is 1.16 bits per heavy atom. The number of aromatic nitrogens is 2. The van der Waals surface area contributed by atoms with E-state index in [2.05, 4.69) is 5.10 Å². The summed E-state index contributed by atoms with van der Waals surface area (Å²) in [7, 11) is 0. The van der Waals surface area contributed by atoms with Crippen LogP contribution >= 0.6 is 0 Å². The van der Waals surface area contributed by atoms with E-state index in [1.165, 1.54) is 24.4 Å². The lowest BCUT2D eigenvalue weighted by atomic mass is 10.1. The average Bonchev–Trinajstić information content (AvgIpc) is 2.77. The lowest BCUT2D eigenvalue weighted by molar-refractivity contribution is -0.141. The Bertz CT molecular complexity index is 575. The lowest BCUT2D eigenvalue weighted by Crippen LogP contribution is -2.10. The number of nitrogens with two attached hydrogens (primary N) is 1. The van der Waals surface area contributed by atoms with Crippen molar-refractivity contribution < 1.29 is 17.6 Å². The molecule has 0 aliphatic rings. The van der Waals surface area contributed by atoms with Gasteiger partial charge in [-0.15, -0.1) is 0 Å². The van der Waals surface area contributed by atoms with E-state index < -0.39 is 17.7 Å². The molecule has 0 atom stereocenters. The van der Waals surface area contributed by atoms with E-state index in [1.807, 2.05) is 0 Å². The monoisotopic (exact) mass is 273 g/mol. The minimum atomic E-state index is -4.48. The zero-order chi connectivity index (χ0) is 14.0. The fraction of sp³-hybridized carbons (Fsp3) is 0.250. The van der Waals surface area contributed by atoms with Gasteiger partial charge in [0.1, 0.15) is 5.82 Å². The second-order valence-corrected chi connectivity index (χ2v) is 4.01. The van der Waals surface area contributed by atoms with E-state index in [-0.39, 0.29) is 13.1 Å². The zero-order valence-corrected chi connectivity index (χ0v) is 9.78. The van der Waals surface area contributed by atoms with Crippen molar-refractivity contribution in [3.8, 4) is 0 Å². The normalized spacial score (nSPS) is 11.8. The van der Waals surface area contributed by atoms with Gasteiger partial charge in [-0.05, 0) is 29.3 Å². The Balaban J connectivity index is 2.26. The van der Waals surface area contributed by atoms with Crippen molar-refractivity contribution in [2.45, 2.75) is 19.3 Å². The van der Waals surface area contributed by atoms with Gasteiger partial charge in [0.25, 0.3) is 0 Å². The van der Waals surface area contributed by atoms with Gasteiger partial charge in [-0.1, -0.05) is 6.07 Å². The highest BCUT2D eigenvalue weighted by Crippen LogP contribution is 2.27. The molecule has 1 aromatic heterocycles. The van der Waals surface area contributed by atoms with E-state index in [1.54, 1.807) is 0 Å². The SMILES string of the molecule is NCc1ccc(F)cc1Cn1ccc(C(F)(F)F)n1. The summed E-state index contributed by atoms with van der Waals surface area (Å²) in [4.78, 5) is 0. The Morgan fingerprint density at radius 3 is 2.47 bits per heavy atom. The Hall–Kier alpha value is -1.89. The van der Waals surface area contributed by atoms with Gasteiger partial charge >= 0.3 is 6.18 Å². The van der Waals surface area contributed by atoms with Crippen LogP contribution in [0.15, 0.2) is 30.5 Å². The summed E-state index contributed by atoms with van der Waals surface area (Å²) < 4.78 is 51.4. The van der Waals surface area contributed by atoms with E-state index in [4.69, 9.17) is 5.73 Å². The third-order valence-electron chi connectivity index (χ3n) is 2.65. The fourth-order valence-corrected chi connectivity index (χ4v) is 1.72. The first-order chi connectivity index (χ1) is 8.90. The number of rotatable bonds is 3. The summed E-state index contributed by atoms with van der Waals surface area (Å²) in [6.45, 7) is 0.226. The van der Waals surface area contributed by atoms with Crippen LogP contribution in [0.25, 0.3) is 0 Å². The van der Waals surface area contributed by atoms with Crippen molar-refractivity contribution in [2.24, 2.45) is 5.73 Å². The molecule has 0 aliphatic carbocycles. The third kappa shape index (κ3) is 3.11. The van der Waals surface area contributed by atoms with Gasteiger partial charge in [-0.2, -0.15) is 18.3 Å². The van der Waals surface area contributed by atoms with Crippen LogP contribution in [0.3, 0.4) is 0 Å². The molecule has 7 heteroatoms. The van der Waals surface area contributed by atoms with Crippen LogP contribution in [0.2, 0.25) is 0 Å². The first-order valence-electron chi connectivity index (χ1n) is 5.48. The molecule has 3 nitrogen and oxygen atoms in total. The van der Waals surface area contributed by atoms with Crippen molar-refractivity contribution in [3.05, 3.63) is 53.1 Å². The number of benzene rings is 1. The zero-order valence-electron chi connectivity index (χ0n) is 9.78. The topological polar surface area (TPSA) is 43.8 Å². The summed E-state index contributed by atoms with van der Waals surface area (Å²) in [6.07, 6.45) is -3.28. The van der Waals surface area contributed by atoms with Gasteiger partial charge in [-0.25, -0.2) is 4.39 Å². The van der Waals surface area contributed by atoms with Gasteiger partial charge in [0, 0.05) is 12.7 Å². The van der Waals surface area contributed by atoms with Gasteiger partial charge < -0.3 is 5.73 Å². The maximum absolute atomic E-state index is 13.1. The Morgan fingerprint density at radius 2 is 1.89 bits per heavy atom. The van der Waals surface area contributed by atoms with E-state index in [0.29, 0.717) is 11.1 Å². The first kappa shape index (κ1) is 13.5. The highest BCUT2D eigenvalue weighted by molar-refractivity contribution is 5.28. The van der Waals surface area contributed by atoms with Crippen LogP contribution in [-0.4, -0.2) is 9.78 Å². The van der Waals surface area contributed by atoms with Crippen LogP contribution in [0, 0.1) is 5.82 Å². The summed E-state index contributed by atoms with van der Waals surface area (Å²) in [5.41, 5.74) is 5.71. The molecule has 2 aromatic rings. The molecule has 0 saturated heterocycles. The van der Waals surface area contributed by atoms with Crippen LogP contribution in [0.1, 0.15) is 16.8 Å². The molecular formula is C12H11F4N3. The summed E-state index contributed by atoms with van der Waals surface area (Å²) >= 11 is 0. The predicted octanol–water partition coefficient (Wildman–Crippen LogP) is 2.55. The smallest absolute Gasteiger partial charge is 0.326 e. The predicted molar refractivity (Wildman–Crippen MR) is 60.6 cm³/mol. The highest BCUT2D eigenvalue weighted by atomic mass is 19.4. The molecule has 0 fully saturated rings. The largest absolute Gasteiger partial charge is 0.435 e. The Labute approximate surface area is 106 Å². The van der Waals surface area contributed by atoms with Crippen molar-refractivity contribution >= 4 is 0 Å². The number of hydrogen-bond donors (Lipinski definition) is 1. The molecule has 0 radical (unpaired) electrons. The van der Waals surface area contributed by atoms with Crippen LogP contribution in [-0.2, 0) is 19.3 Å². The van der Waals surface area contributed by atoms with Crippen LogP contribution in [0.4, 0.5) is 17.6 Å². The second kappa shape index (κ2) is 5.00. The standard InChI is InChI=1S/C12H11F4N3/c13-10-2-1-8(6-17)9(5-10)7-19-4-3-11(18-19)12(14,15)16/h1-5H,6-7,17H2. The summed E-state index contributed by atoms with van der Waals surface area (Å²) in [5, 5.41) is 3.41. The van der Waals surface area contributed by atoms with Crippen molar-refractivity contribution in [1.82, 2.24) is 9.78 Å². The average molecular weight is 273 g/mol. The van der Waals surface area contributed by atoms with Crippen molar-refractivity contribution in [1.29, 1.82) is 0 Å². The molecule has 0 bridgehead atoms. The highest BCUT2D eigenvalue weighted by Gasteiger charge is 2.33. The quantitative estimate of drug-likeness (QED) is 0.873. The molecule has 102 valence electrons. The number of hydrogen-bond acceptors (Lipinski definition) is 2. The van der Waals surface area contributed by atoms with Gasteiger partial charge in [0.15, 0.2) is 5.69 Å². The maximum Gasteiger partial charge on any atom is 0.435 e. The molecule has 1 aromatic carbocycles. The minimum Gasteiger partial charge on any atom is -0.326 e. The van der Waals surface area contributed by atoms with Gasteiger partial charge in [0.05, 0.1) is 6.54 Å². The number of nitrogens with zero attached hydrogens (tertiary/aromatic N) is 2. The molecule has 0 amide bonds. The van der Waals surface area contributed by atoms with Crippen LogP contribution < -0.4 is 5.73 Å². The van der Waals surface area contributed by atoms with E-state index in [9.17, 15) is 17.6 Å². The molecular weight excluding hydrogens is 262 g/mol. The molecule has 2 N–H and O–H groups in total. The first-order valence-corrected chi connectivity index (χ1v) is 5.48. The Kier molecular flexibility index (Phi) is 3.57. The third-order valence-corrected chi connectivity index (χ3v) is 2.65. The molecule has 0 saturated carbocycles. The van der Waals surface area contributed by atoms with Crippen molar-refractivity contribution in [3.63, 3.8) is 0 Å². The van der Waals surface area contributed by atoms with Crippen LogP contribution in [0.5, 0.6) is 0 Å². The van der Waals surface area contributed by atoms with Gasteiger partial charge in [-0.3, -0.25) is 4.68 Å². The lowest BCUT2D eigenvalue weighted by Gasteiger charge is -2.08. The summed E-state index contributed by atoms with van der Waals surface area (Å²) in [6, 6.07) is 4.90. The molecule has 2 rings (SSSR count). The molecule has 1 heterocycles. The number of halogens is 4. The molecule has 19 heavy (non-hydrogen) atoms. The van der Waals surface area contributed by atoms with E-state index in [0.717, 1.165) is 10.7 Å². The fourth-order valence-electron chi connectivity index (χ4n) is 1.72. The number of alkyl halides is 3.